The molecule has 0 unspecified atom stereocenters. The van der Waals surface area contributed by atoms with E-state index in [1.807, 2.05) is 37.3 Å². The van der Waals surface area contributed by atoms with Gasteiger partial charge in [0.15, 0.2) is 0 Å². The second-order valence-electron chi connectivity index (χ2n) is 4.72. The SMILES string of the molecule is Cc1cc(Sc2ccc(Cl)c(Cl)c2)c2cc(N)ccc2n1. The number of hydrogen-bond donors (Lipinski definition) is 1. The van der Waals surface area contributed by atoms with Crippen molar-refractivity contribution in [2.24, 2.45) is 0 Å². The van der Waals surface area contributed by atoms with Crippen LogP contribution in [0.4, 0.5) is 5.69 Å². The van der Waals surface area contributed by atoms with Crippen molar-refractivity contribution in [2.45, 2.75) is 16.7 Å². The molecule has 3 aromatic rings. The first-order chi connectivity index (χ1) is 10.0. The lowest BCUT2D eigenvalue weighted by atomic mass is 10.2. The number of rotatable bonds is 2. The van der Waals surface area contributed by atoms with Gasteiger partial charge in [-0.15, -0.1) is 0 Å². The first-order valence-corrected chi connectivity index (χ1v) is 7.90. The molecule has 0 bridgehead atoms. The second-order valence-corrected chi connectivity index (χ2v) is 6.65. The number of hydrogen-bond acceptors (Lipinski definition) is 3. The molecule has 0 radical (unpaired) electrons. The molecular weight excluding hydrogens is 323 g/mol. The van der Waals surface area contributed by atoms with Crippen LogP contribution < -0.4 is 5.73 Å². The Balaban J connectivity index is 2.10. The van der Waals surface area contributed by atoms with Gasteiger partial charge in [-0.1, -0.05) is 35.0 Å². The highest BCUT2D eigenvalue weighted by Crippen LogP contribution is 2.36. The molecule has 0 spiro atoms. The molecule has 2 aromatic carbocycles. The van der Waals surface area contributed by atoms with Gasteiger partial charge in [0.2, 0.25) is 0 Å². The quantitative estimate of drug-likeness (QED) is 0.621. The Morgan fingerprint density at radius 1 is 1.00 bits per heavy atom. The average Bonchev–Trinajstić information content (AvgIpc) is 2.43. The summed E-state index contributed by atoms with van der Waals surface area (Å²) in [6, 6.07) is 13.4. The van der Waals surface area contributed by atoms with Crippen LogP contribution in [0.2, 0.25) is 10.0 Å². The monoisotopic (exact) mass is 334 g/mol. The molecule has 2 N–H and O–H groups in total. The fraction of sp³-hybridized carbons (Fsp3) is 0.0625. The van der Waals surface area contributed by atoms with E-state index in [1.165, 1.54) is 0 Å². The van der Waals surface area contributed by atoms with Crippen molar-refractivity contribution in [3.63, 3.8) is 0 Å². The average molecular weight is 335 g/mol. The van der Waals surface area contributed by atoms with Gasteiger partial charge >= 0.3 is 0 Å². The van der Waals surface area contributed by atoms with Gasteiger partial charge in [-0.2, -0.15) is 0 Å². The van der Waals surface area contributed by atoms with E-state index < -0.39 is 0 Å². The zero-order chi connectivity index (χ0) is 15.0. The van der Waals surface area contributed by atoms with Crippen molar-refractivity contribution in [3.05, 3.63) is 58.2 Å². The molecule has 0 saturated carbocycles. The van der Waals surface area contributed by atoms with Crippen LogP contribution in [0, 0.1) is 6.92 Å². The van der Waals surface area contributed by atoms with Gasteiger partial charge in [0.05, 0.1) is 15.6 Å². The number of nitrogens with zero attached hydrogens (tertiary/aromatic N) is 1. The van der Waals surface area contributed by atoms with Crippen LogP contribution in [0.15, 0.2) is 52.3 Å². The van der Waals surface area contributed by atoms with E-state index in [1.54, 1.807) is 17.8 Å². The van der Waals surface area contributed by atoms with Crippen LogP contribution in [0.25, 0.3) is 10.9 Å². The maximum absolute atomic E-state index is 6.08. The van der Waals surface area contributed by atoms with Gasteiger partial charge in [0.1, 0.15) is 0 Å². The van der Waals surface area contributed by atoms with Crippen molar-refractivity contribution < 1.29 is 0 Å². The smallest absolute Gasteiger partial charge is 0.0718 e. The van der Waals surface area contributed by atoms with Crippen molar-refractivity contribution in [2.75, 3.05) is 5.73 Å². The minimum Gasteiger partial charge on any atom is -0.399 e. The van der Waals surface area contributed by atoms with Crippen molar-refractivity contribution in [1.82, 2.24) is 4.98 Å². The van der Waals surface area contributed by atoms with E-state index in [9.17, 15) is 0 Å². The number of aryl methyl sites for hydroxylation is 1. The normalized spacial score (nSPS) is 11.0. The summed E-state index contributed by atoms with van der Waals surface area (Å²) in [5.41, 5.74) is 8.52. The van der Waals surface area contributed by atoms with Gasteiger partial charge in [-0.3, -0.25) is 4.98 Å². The number of benzene rings is 2. The molecule has 0 saturated heterocycles. The summed E-state index contributed by atoms with van der Waals surface area (Å²) < 4.78 is 0. The van der Waals surface area contributed by atoms with Crippen LogP contribution in [-0.4, -0.2) is 4.98 Å². The maximum Gasteiger partial charge on any atom is 0.0718 e. The third-order valence-corrected chi connectivity index (χ3v) is 4.83. The molecular formula is C16H12Cl2N2S. The highest BCUT2D eigenvalue weighted by molar-refractivity contribution is 7.99. The van der Waals surface area contributed by atoms with Crippen LogP contribution in [0.3, 0.4) is 0 Å². The molecule has 106 valence electrons. The number of aromatic nitrogens is 1. The highest BCUT2D eigenvalue weighted by atomic mass is 35.5. The summed E-state index contributed by atoms with van der Waals surface area (Å²) in [7, 11) is 0. The molecule has 0 fully saturated rings. The van der Waals surface area contributed by atoms with Gasteiger partial charge in [-0.05, 0) is 49.4 Å². The molecule has 5 heteroatoms. The summed E-state index contributed by atoms with van der Waals surface area (Å²) in [6.07, 6.45) is 0. The lowest BCUT2D eigenvalue weighted by Crippen LogP contribution is -1.90. The lowest BCUT2D eigenvalue weighted by Gasteiger charge is -2.09. The van der Waals surface area contributed by atoms with Crippen LogP contribution >= 0.6 is 35.0 Å². The molecule has 0 aliphatic carbocycles. The molecule has 1 heterocycles. The third kappa shape index (κ3) is 3.10. The predicted octanol–water partition coefficient (Wildman–Crippen LogP) is 5.58. The topological polar surface area (TPSA) is 38.9 Å². The van der Waals surface area contributed by atoms with E-state index in [0.717, 1.165) is 32.1 Å². The maximum atomic E-state index is 6.08. The number of pyridine rings is 1. The Morgan fingerprint density at radius 3 is 2.57 bits per heavy atom. The number of halogens is 2. The van der Waals surface area contributed by atoms with Crippen LogP contribution in [0.5, 0.6) is 0 Å². The molecule has 3 rings (SSSR count). The second kappa shape index (κ2) is 5.76. The van der Waals surface area contributed by atoms with E-state index in [-0.39, 0.29) is 0 Å². The van der Waals surface area contributed by atoms with E-state index in [4.69, 9.17) is 28.9 Å². The summed E-state index contributed by atoms with van der Waals surface area (Å²) in [5, 5.41) is 2.15. The Bertz CT molecular complexity index is 834. The standard InChI is InChI=1S/C16H12Cl2N2S/c1-9-6-16(12-7-10(19)2-5-15(12)20-9)21-11-3-4-13(17)14(18)8-11/h2-8H,19H2,1H3. The first kappa shape index (κ1) is 14.5. The zero-order valence-electron chi connectivity index (χ0n) is 11.2. The Kier molecular flexibility index (Phi) is 3.98. The van der Waals surface area contributed by atoms with Crippen molar-refractivity contribution in [3.8, 4) is 0 Å². The largest absolute Gasteiger partial charge is 0.399 e. The Labute approximate surface area is 137 Å². The van der Waals surface area contributed by atoms with E-state index in [0.29, 0.717) is 10.0 Å². The Morgan fingerprint density at radius 2 is 1.81 bits per heavy atom. The molecule has 0 amide bonds. The molecule has 0 aliphatic heterocycles. The number of fused-ring (bicyclic) bond motifs is 1. The molecule has 0 aliphatic rings. The number of nitrogens with two attached hydrogens (primary N) is 1. The molecule has 0 atom stereocenters. The molecule has 2 nitrogen and oxygen atoms in total. The fourth-order valence-electron chi connectivity index (χ4n) is 2.09. The minimum absolute atomic E-state index is 0.552. The van der Waals surface area contributed by atoms with Gasteiger partial charge in [0, 0.05) is 26.6 Å². The minimum atomic E-state index is 0.552. The summed E-state index contributed by atoms with van der Waals surface area (Å²) in [5.74, 6) is 0. The van der Waals surface area contributed by atoms with Crippen molar-refractivity contribution >= 4 is 51.6 Å². The van der Waals surface area contributed by atoms with Gasteiger partial charge < -0.3 is 5.73 Å². The zero-order valence-corrected chi connectivity index (χ0v) is 13.6. The first-order valence-electron chi connectivity index (χ1n) is 6.33. The Hall–Kier alpha value is -1.42. The van der Waals surface area contributed by atoms with Crippen LogP contribution in [-0.2, 0) is 0 Å². The third-order valence-electron chi connectivity index (χ3n) is 3.04. The molecule has 21 heavy (non-hydrogen) atoms. The number of nitrogen functional groups attached to an aromatic ring is 1. The fourth-order valence-corrected chi connectivity index (χ4v) is 3.52. The van der Waals surface area contributed by atoms with Crippen molar-refractivity contribution in [1.29, 1.82) is 0 Å². The van der Waals surface area contributed by atoms with Gasteiger partial charge in [0.25, 0.3) is 0 Å². The van der Waals surface area contributed by atoms with E-state index in [2.05, 4.69) is 11.1 Å². The van der Waals surface area contributed by atoms with Crippen LogP contribution in [0.1, 0.15) is 5.69 Å². The lowest BCUT2D eigenvalue weighted by molar-refractivity contribution is 1.22. The summed E-state index contributed by atoms with van der Waals surface area (Å²) in [4.78, 5) is 6.66. The predicted molar refractivity (Wildman–Crippen MR) is 91.5 cm³/mol. The summed E-state index contributed by atoms with van der Waals surface area (Å²) in [6.45, 7) is 1.98. The molecule has 1 aromatic heterocycles. The summed E-state index contributed by atoms with van der Waals surface area (Å²) >= 11 is 13.7. The van der Waals surface area contributed by atoms with Gasteiger partial charge in [-0.25, -0.2) is 0 Å². The van der Waals surface area contributed by atoms with E-state index >= 15 is 0 Å². The highest BCUT2D eigenvalue weighted by Gasteiger charge is 2.08. The number of anilines is 1.